The molecule has 0 saturated carbocycles. The smallest absolute Gasteiger partial charge is 0.253 e. The average Bonchev–Trinajstić information content (AvgIpc) is 2.85. The number of hydrogen-bond donors (Lipinski definition) is 0. The van der Waals surface area contributed by atoms with E-state index in [4.69, 9.17) is 4.74 Å². The predicted octanol–water partition coefficient (Wildman–Crippen LogP) is 4.29. The molecule has 1 saturated heterocycles. The van der Waals surface area contributed by atoms with Gasteiger partial charge in [-0.1, -0.05) is 42.5 Å². The van der Waals surface area contributed by atoms with Crippen LogP contribution >= 0.6 is 0 Å². The minimum Gasteiger partial charge on any atom is -0.497 e. The van der Waals surface area contributed by atoms with Crippen molar-refractivity contribution in [1.29, 1.82) is 0 Å². The Morgan fingerprint density at radius 2 is 1.56 bits per heavy atom. The molecule has 0 aliphatic carbocycles. The van der Waals surface area contributed by atoms with E-state index in [1.165, 1.54) is 11.3 Å². The van der Waals surface area contributed by atoms with Gasteiger partial charge in [-0.2, -0.15) is 0 Å². The van der Waals surface area contributed by atoms with Crippen molar-refractivity contribution in [3.8, 4) is 5.75 Å². The molecule has 0 N–H and O–H groups in total. The fraction of sp³-hybridized carbons (Fsp3) is 0.296. The Kier molecular flexibility index (Phi) is 7.07. The number of anilines is 1. The molecule has 0 aromatic heterocycles. The van der Waals surface area contributed by atoms with Crippen molar-refractivity contribution in [1.82, 2.24) is 9.80 Å². The van der Waals surface area contributed by atoms with Crippen LogP contribution in [-0.4, -0.2) is 56.0 Å². The molecule has 3 aromatic carbocycles. The quantitative estimate of drug-likeness (QED) is 0.561. The van der Waals surface area contributed by atoms with Crippen LogP contribution in [0.4, 0.5) is 5.69 Å². The van der Waals surface area contributed by atoms with Gasteiger partial charge in [0.2, 0.25) is 0 Å². The summed E-state index contributed by atoms with van der Waals surface area (Å²) in [5, 5.41) is 0. The summed E-state index contributed by atoms with van der Waals surface area (Å²) in [7, 11) is 3.55. The number of piperazine rings is 1. The Morgan fingerprint density at radius 1 is 0.875 bits per heavy atom. The van der Waals surface area contributed by atoms with Crippen LogP contribution < -0.4 is 9.64 Å². The van der Waals surface area contributed by atoms with Gasteiger partial charge in [-0.15, -0.1) is 0 Å². The number of rotatable bonds is 7. The highest BCUT2D eigenvalue weighted by molar-refractivity contribution is 5.94. The van der Waals surface area contributed by atoms with Crippen molar-refractivity contribution < 1.29 is 9.53 Å². The number of methoxy groups -OCH3 is 1. The van der Waals surface area contributed by atoms with E-state index in [9.17, 15) is 4.79 Å². The van der Waals surface area contributed by atoms with Gasteiger partial charge >= 0.3 is 0 Å². The second-order valence-electron chi connectivity index (χ2n) is 8.31. The first kappa shape index (κ1) is 21.9. The summed E-state index contributed by atoms with van der Waals surface area (Å²) >= 11 is 0. The van der Waals surface area contributed by atoms with Gasteiger partial charge in [-0.05, 0) is 47.5 Å². The molecular weight excluding hydrogens is 398 g/mol. The Hall–Kier alpha value is -3.31. The predicted molar refractivity (Wildman–Crippen MR) is 129 cm³/mol. The van der Waals surface area contributed by atoms with Gasteiger partial charge in [-0.3, -0.25) is 9.69 Å². The zero-order valence-electron chi connectivity index (χ0n) is 18.9. The Labute approximate surface area is 190 Å². The van der Waals surface area contributed by atoms with E-state index in [1.807, 2.05) is 67.7 Å². The average molecular weight is 430 g/mol. The van der Waals surface area contributed by atoms with E-state index in [-0.39, 0.29) is 5.91 Å². The van der Waals surface area contributed by atoms with Crippen LogP contribution in [0.2, 0.25) is 0 Å². The topological polar surface area (TPSA) is 36.0 Å². The minimum atomic E-state index is 0.0556. The third-order valence-electron chi connectivity index (χ3n) is 6.00. The van der Waals surface area contributed by atoms with Crippen LogP contribution in [0.5, 0.6) is 5.75 Å². The Morgan fingerprint density at radius 3 is 2.25 bits per heavy atom. The van der Waals surface area contributed by atoms with Crippen LogP contribution in [-0.2, 0) is 13.1 Å². The lowest BCUT2D eigenvalue weighted by atomic mass is 10.1. The highest BCUT2D eigenvalue weighted by Crippen LogP contribution is 2.21. The van der Waals surface area contributed by atoms with Crippen molar-refractivity contribution in [2.24, 2.45) is 0 Å². The zero-order chi connectivity index (χ0) is 22.3. The second-order valence-corrected chi connectivity index (χ2v) is 8.31. The van der Waals surface area contributed by atoms with E-state index in [0.29, 0.717) is 6.54 Å². The van der Waals surface area contributed by atoms with Crippen molar-refractivity contribution in [3.05, 3.63) is 95.6 Å². The molecule has 1 amide bonds. The maximum atomic E-state index is 12.9. The third-order valence-corrected chi connectivity index (χ3v) is 6.00. The lowest BCUT2D eigenvalue weighted by Gasteiger charge is -2.36. The van der Waals surface area contributed by atoms with E-state index >= 15 is 0 Å². The highest BCUT2D eigenvalue weighted by Gasteiger charge is 2.18. The van der Waals surface area contributed by atoms with E-state index < -0.39 is 0 Å². The van der Waals surface area contributed by atoms with E-state index in [1.54, 1.807) is 12.0 Å². The lowest BCUT2D eigenvalue weighted by Crippen LogP contribution is -2.45. The molecule has 32 heavy (non-hydrogen) atoms. The highest BCUT2D eigenvalue weighted by atomic mass is 16.5. The lowest BCUT2D eigenvalue weighted by molar-refractivity contribution is 0.0785. The summed E-state index contributed by atoms with van der Waals surface area (Å²) in [6.45, 7) is 5.45. The van der Waals surface area contributed by atoms with E-state index in [0.717, 1.165) is 49.6 Å². The first-order valence-corrected chi connectivity index (χ1v) is 11.1. The van der Waals surface area contributed by atoms with E-state index in [2.05, 4.69) is 28.0 Å². The van der Waals surface area contributed by atoms with Crippen LogP contribution in [0.3, 0.4) is 0 Å². The first-order valence-electron chi connectivity index (χ1n) is 11.1. The van der Waals surface area contributed by atoms with Crippen molar-refractivity contribution in [3.63, 3.8) is 0 Å². The van der Waals surface area contributed by atoms with Crippen LogP contribution in [0.25, 0.3) is 0 Å². The molecule has 1 aliphatic rings. The number of carbonyl (C=O) groups excluding carboxylic acids is 1. The van der Waals surface area contributed by atoms with Crippen molar-refractivity contribution in [2.75, 3.05) is 45.2 Å². The maximum Gasteiger partial charge on any atom is 0.253 e. The summed E-state index contributed by atoms with van der Waals surface area (Å²) in [4.78, 5) is 19.6. The molecule has 0 spiro atoms. The minimum absolute atomic E-state index is 0.0556. The van der Waals surface area contributed by atoms with Crippen LogP contribution in [0.15, 0.2) is 78.9 Å². The fourth-order valence-electron chi connectivity index (χ4n) is 4.17. The molecule has 0 unspecified atom stereocenters. The van der Waals surface area contributed by atoms with Gasteiger partial charge in [0, 0.05) is 57.6 Å². The Bertz CT molecular complexity index is 1010. The molecule has 1 aliphatic heterocycles. The third kappa shape index (κ3) is 5.48. The fourth-order valence-corrected chi connectivity index (χ4v) is 4.17. The zero-order valence-corrected chi connectivity index (χ0v) is 18.9. The van der Waals surface area contributed by atoms with Gasteiger partial charge in [0.25, 0.3) is 5.91 Å². The van der Waals surface area contributed by atoms with Crippen LogP contribution in [0, 0.1) is 0 Å². The molecule has 3 aromatic rings. The summed E-state index contributed by atoms with van der Waals surface area (Å²) in [6, 6.07) is 26.4. The van der Waals surface area contributed by atoms with Crippen LogP contribution in [0.1, 0.15) is 21.5 Å². The summed E-state index contributed by atoms with van der Waals surface area (Å²) < 4.78 is 5.26. The number of hydrogen-bond acceptors (Lipinski definition) is 4. The number of nitrogens with zero attached hydrogens (tertiary/aromatic N) is 3. The standard InChI is InChI=1S/C27H31N3O2/c1-28(20-22-7-4-3-5-8-22)27(31)24-10-6-9-23(19-24)21-29-15-17-30(18-16-29)25-11-13-26(32-2)14-12-25/h3-14,19H,15-18,20-21H2,1-2H3. The molecule has 1 fully saturated rings. The normalized spacial score (nSPS) is 14.2. The van der Waals surface area contributed by atoms with Crippen molar-refractivity contribution >= 4 is 11.6 Å². The molecule has 0 radical (unpaired) electrons. The molecule has 0 bridgehead atoms. The Balaban J connectivity index is 1.32. The van der Waals surface area contributed by atoms with Gasteiger partial charge in [0.15, 0.2) is 0 Å². The summed E-state index contributed by atoms with van der Waals surface area (Å²) in [5.41, 5.74) is 4.30. The maximum absolute atomic E-state index is 12.9. The number of benzene rings is 3. The van der Waals surface area contributed by atoms with Gasteiger partial charge in [-0.25, -0.2) is 0 Å². The molecule has 1 heterocycles. The molecule has 5 nitrogen and oxygen atoms in total. The summed E-state index contributed by atoms with van der Waals surface area (Å²) in [5.74, 6) is 0.941. The number of ether oxygens (including phenoxy) is 1. The molecular formula is C27H31N3O2. The molecule has 166 valence electrons. The van der Waals surface area contributed by atoms with Gasteiger partial charge in [0.1, 0.15) is 5.75 Å². The molecule has 4 rings (SSSR count). The number of carbonyl (C=O) groups is 1. The van der Waals surface area contributed by atoms with Gasteiger partial charge < -0.3 is 14.5 Å². The second kappa shape index (κ2) is 10.3. The largest absolute Gasteiger partial charge is 0.497 e. The summed E-state index contributed by atoms with van der Waals surface area (Å²) in [6.07, 6.45) is 0. The van der Waals surface area contributed by atoms with Gasteiger partial charge in [0.05, 0.1) is 7.11 Å². The SMILES string of the molecule is COc1ccc(N2CCN(Cc3cccc(C(=O)N(C)Cc4ccccc4)c3)CC2)cc1. The molecule has 0 atom stereocenters. The van der Waals surface area contributed by atoms with Crippen molar-refractivity contribution in [2.45, 2.75) is 13.1 Å². The molecule has 5 heteroatoms. The number of amides is 1. The monoisotopic (exact) mass is 429 g/mol. The first-order chi connectivity index (χ1) is 15.6.